The van der Waals surface area contributed by atoms with Crippen LogP contribution >= 0.6 is 12.4 Å². The van der Waals surface area contributed by atoms with E-state index in [0.29, 0.717) is 18.9 Å². The Morgan fingerprint density at radius 2 is 1.68 bits per heavy atom. The van der Waals surface area contributed by atoms with Gasteiger partial charge in [-0.25, -0.2) is 0 Å². The van der Waals surface area contributed by atoms with Crippen molar-refractivity contribution in [2.75, 3.05) is 13.1 Å². The number of carbonyl (C=O) groups is 2. The summed E-state index contributed by atoms with van der Waals surface area (Å²) >= 11 is 0. The zero-order chi connectivity index (χ0) is 15.7. The molecule has 0 aromatic rings. The topological polar surface area (TPSA) is 84.2 Å². The van der Waals surface area contributed by atoms with Gasteiger partial charge in [-0.1, -0.05) is 39.5 Å². The van der Waals surface area contributed by atoms with E-state index in [1.807, 2.05) is 13.8 Å². The van der Waals surface area contributed by atoms with E-state index in [0.717, 1.165) is 19.3 Å². The molecule has 1 rings (SSSR count). The molecule has 5 nitrogen and oxygen atoms in total. The second kappa shape index (κ2) is 10.8. The standard InChI is InChI=1S/C16H31N3O2.ClH/c1-3-16(17,4-2)12-19-15(21)11-18-14(20)10-9-13-7-5-6-8-13;/h13H,3-12,17H2,1-2H3,(H,18,20)(H,19,21);1H. The highest BCUT2D eigenvalue weighted by Crippen LogP contribution is 2.28. The predicted octanol–water partition coefficient (Wildman–Crippen LogP) is 2.13. The molecule has 0 radical (unpaired) electrons. The summed E-state index contributed by atoms with van der Waals surface area (Å²) in [6.07, 6.45) is 8.21. The van der Waals surface area contributed by atoms with Crippen LogP contribution in [0.5, 0.6) is 0 Å². The average Bonchev–Trinajstić information content (AvgIpc) is 3.01. The minimum atomic E-state index is -0.345. The highest BCUT2D eigenvalue weighted by molar-refractivity contribution is 5.85. The molecule has 4 N–H and O–H groups in total. The predicted molar refractivity (Wildman–Crippen MR) is 92.0 cm³/mol. The average molecular weight is 334 g/mol. The monoisotopic (exact) mass is 333 g/mol. The number of carbonyl (C=O) groups excluding carboxylic acids is 2. The Hall–Kier alpha value is -0.810. The number of amides is 2. The van der Waals surface area contributed by atoms with Crippen molar-refractivity contribution in [2.24, 2.45) is 11.7 Å². The van der Waals surface area contributed by atoms with Crippen LogP contribution in [0.3, 0.4) is 0 Å². The Balaban J connectivity index is 0.00000441. The lowest BCUT2D eigenvalue weighted by Crippen LogP contribution is -2.50. The minimum Gasteiger partial charge on any atom is -0.353 e. The van der Waals surface area contributed by atoms with Crippen LogP contribution in [0.15, 0.2) is 0 Å². The lowest BCUT2D eigenvalue weighted by atomic mass is 9.94. The van der Waals surface area contributed by atoms with E-state index in [2.05, 4.69) is 10.6 Å². The van der Waals surface area contributed by atoms with Gasteiger partial charge in [-0.15, -0.1) is 12.4 Å². The maximum atomic E-state index is 11.7. The SMILES string of the molecule is CCC(N)(CC)CNC(=O)CNC(=O)CCC1CCCC1.Cl. The maximum Gasteiger partial charge on any atom is 0.239 e. The molecule has 6 heteroatoms. The molecule has 0 bridgehead atoms. The van der Waals surface area contributed by atoms with E-state index in [1.54, 1.807) is 0 Å². The minimum absolute atomic E-state index is 0. The zero-order valence-corrected chi connectivity index (χ0v) is 14.8. The molecule has 1 saturated carbocycles. The molecule has 0 unspecified atom stereocenters. The third-order valence-electron chi connectivity index (χ3n) is 4.75. The Morgan fingerprint density at radius 3 is 2.23 bits per heavy atom. The van der Waals surface area contributed by atoms with Crippen molar-refractivity contribution < 1.29 is 9.59 Å². The summed E-state index contributed by atoms with van der Waals surface area (Å²) in [4.78, 5) is 23.4. The van der Waals surface area contributed by atoms with E-state index in [1.165, 1.54) is 25.7 Å². The molecule has 0 aliphatic heterocycles. The van der Waals surface area contributed by atoms with Crippen molar-refractivity contribution >= 4 is 24.2 Å². The fraction of sp³-hybridized carbons (Fsp3) is 0.875. The molecule has 1 fully saturated rings. The fourth-order valence-corrected chi connectivity index (χ4v) is 2.74. The smallest absolute Gasteiger partial charge is 0.239 e. The van der Waals surface area contributed by atoms with Gasteiger partial charge in [-0.2, -0.15) is 0 Å². The molecule has 1 aliphatic rings. The quantitative estimate of drug-likeness (QED) is 0.604. The molecule has 0 aromatic carbocycles. The van der Waals surface area contributed by atoms with Crippen molar-refractivity contribution in [1.82, 2.24) is 10.6 Å². The number of rotatable bonds is 9. The van der Waals surface area contributed by atoms with Crippen LogP contribution in [-0.2, 0) is 9.59 Å². The largest absolute Gasteiger partial charge is 0.353 e. The Labute approximate surface area is 140 Å². The van der Waals surface area contributed by atoms with Gasteiger partial charge in [-0.05, 0) is 25.2 Å². The molecule has 0 aromatic heterocycles. The first-order valence-corrected chi connectivity index (χ1v) is 8.31. The van der Waals surface area contributed by atoms with Crippen LogP contribution in [0.25, 0.3) is 0 Å². The molecule has 0 saturated heterocycles. The van der Waals surface area contributed by atoms with Gasteiger partial charge in [0.15, 0.2) is 0 Å². The van der Waals surface area contributed by atoms with Crippen LogP contribution in [0.4, 0.5) is 0 Å². The van der Waals surface area contributed by atoms with Gasteiger partial charge in [0.1, 0.15) is 0 Å². The van der Waals surface area contributed by atoms with Crippen LogP contribution in [0.1, 0.15) is 65.2 Å². The van der Waals surface area contributed by atoms with Crippen molar-refractivity contribution in [3.8, 4) is 0 Å². The summed E-state index contributed by atoms with van der Waals surface area (Å²) in [6.45, 7) is 4.53. The number of nitrogens with one attached hydrogen (secondary N) is 2. The van der Waals surface area contributed by atoms with Crippen LogP contribution in [0.2, 0.25) is 0 Å². The molecule has 2 amide bonds. The number of hydrogen-bond donors (Lipinski definition) is 3. The van der Waals surface area contributed by atoms with Crippen molar-refractivity contribution in [2.45, 2.75) is 70.8 Å². The van der Waals surface area contributed by atoms with Gasteiger partial charge in [0.25, 0.3) is 0 Å². The third-order valence-corrected chi connectivity index (χ3v) is 4.75. The summed E-state index contributed by atoms with van der Waals surface area (Å²) in [6, 6.07) is 0. The highest BCUT2D eigenvalue weighted by Gasteiger charge is 2.21. The normalized spacial score (nSPS) is 15.2. The zero-order valence-electron chi connectivity index (χ0n) is 14.0. The first-order chi connectivity index (χ1) is 9.99. The molecule has 0 heterocycles. The van der Waals surface area contributed by atoms with E-state index >= 15 is 0 Å². The number of hydrogen-bond acceptors (Lipinski definition) is 3. The van der Waals surface area contributed by atoms with E-state index in [9.17, 15) is 9.59 Å². The highest BCUT2D eigenvalue weighted by atomic mass is 35.5. The Morgan fingerprint density at radius 1 is 1.09 bits per heavy atom. The molecule has 0 spiro atoms. The van der Waals surface area contributed by atoms with Crippen molar-refractivity contribution in [3.63, 3.8) is 0 Å². The summed E-state index contributed by atoms with van der Waals surface area (Å²) < 4.78 is 0. The molecular weight excluding hydrogens is 302 g/mol. The maximum absolute atomic E-state index is 11.7. The van der Waals surface area contributed by atoms with E-state index < -0.39 is 0 Å². The second-order valence-corrected chi connectivity index (χ2v) is 6.31. The lowest BCUT2D eigenvalue weighted by molar-refractivity contribution is -0.126. The molecular formula is C16H32ClN3O2. The molecule has 130 valence electrons. The summed E-state index contributed by atoms with van der Waals surface area (Å²) in [5.74, 6) is 0.513. The van der Waals surface area contributed by atoms with Gasteiger partial charge < -0.3 is 16.4 Å². The van der Waals surface area contributed by atoms with Gasteiger partial charge in [0, 0.05) is 18.5 Å². The van der Waals surface area contributed by atoms with Gasteiger partial charge in [0.05, 0.1) is 6.54 Å². The fourth-order valence-electron chi connectivity index (χ4n) is 2.74. The van der Waals surface area contributed by atoms with Crippen LogP contribution < -0.4 is 16.4 Å². The van der Waals surface area contributed by atoms with Gasteiger partial charge in [-0.3, -0.25) is 9.59 Å². The molecule has 0 atom stereocenters. The summed E-state index contributed by atoms with van der Waals surface area (Å²) in [7, 11) is 0. The van der Waals surface area contributed by atoms with Crippen LogP contribution in [-0.4, -0.2) is 30.4 Å². The van der Waals surface area contributed by atoms with Gasteiger partial charge >= 0.3 is 0 Å². The number of halogens is 1. The second-order valence-electron chi connectivity index (χ2n) is 6.31. The molecule has 22 heavy (non-hydrogen) atoms. The van der Waals surface area contributed by atoms with Crippen LogP contribution in [0, 0.1) is 5.92 Å². The van der Waals surface area contributed by atoms with E-state index in [4.69, 9.17) is 5.73 Å². The summed E-state index contributed by atoms with van der Waals surface area (Å²) in [5.41, 5.74) is 5.77. The molecule has 1 aliphatic carbocycles. The Kier molecular flexibility index (Phi) is 10.4. The van der Waals surface area contributed by atoms with Crippen molar-refractivity contribution in [1.29, 1.82) is 0 Å². The first kappa shape index (κ1) is 21.2. The van der Waals surface area contributed by atoms with E-state index in [-0.39, 0.29) is 36.3 Å². The Bertz CT molecular complexity index is 340. The first-order valence-electron chi connectivity index (χ1n) is 8.31. The third kappa shape index (κ3) is 7.99. The summed E-state index contributed by atoms with van der Waals surface area (Å²) in [5, 5.41) is 5.49. The van der Waals surface area contributed by atoms with Crippen molar-refractivity contribution in [3.05, 3.63) is 0 Å². The lowest BCUT2D eigenvalue weighted by Gasteiger charge is -2.26. The number of nitrogens with two attached hydrogens (primary N) is 1. The van der Waals surface area contributed by atoms with Gasteiger partial charge in [0.2, 0.25) is 11.8 Å².